The molecule has 24 heavy (non-hydrogen) atoms. The summed E-state index contributed by atoms with van der Waals surface area (Å²) in [5.41, 5.74) is 5.07. The van der Waals surface area contributed by atoms with Crippen molar-refractivity contribution in [2.45, 2.75) is 11.5 Å². The molecule has 0 aromatic heterocycles. The summed E-state index contributed by atoms with van der Waals surface area (Å²) in [7, 11) is 0. The van der Waals surface area contributed by atoms with Crippen molar-refractivity contribution in [2.24, 2.45) is 15.2 Å². The fraction of sp³-hybridized carbons (Fsp3) is 0.176. The van der Waals surface area contributed by atoms with Gasteiger partial charge in [0.2, 0.25) is 0 Å². The number of carbonyl (C=O) groups is 1. The zero-order valence-electron chi connectivity index (χ0n) is 12.7. The first-order valence-corrected chi connectivity index (χ1v) is 8.65. The maximum Gasteiger partial charge on any atom is 0.259 e. The van der Waals surface area contributed by atoms with Gasteiger partial charge in [0.05, 0.1) is 5.75 Å². The van der Waals surface area contributed by atoms with Crippen LogP contribution in [0.3, 0.4) is 0 Å². The van der Waals surface area contributed by atoms with Gasteiger partial charge < -0.3 is 0 Å². The van der Waals surface area contributed by atoms with E-state index in [1.165, 1.54) is 0 Å². The first-order valence-electron chi connectivity index (χ1n) is 7.60. The number of aliphatic imine (C=N–C) groups is 1. The third kappa shape index (κ3) is 2.90. The van der Waals surface area contributed by atoms with E-state index in [9.17, 15) is 4.79 Å². The number of amides is 1. The van der Waals surface area contributed by atoms with E-state index >= 15 is 0 Å². The van der Waals surface area contributed by atoms with Crippen molar-refractivity contribution in [1.82, 2.24) is 10.4 Å². The van der Waals surface area contributed by atoms with Gasteiger partial charge >= 0.3 is 0 Å². The highest BCUT2D eigenvalue weighted by Gasteiger charge is 2.34. The van der Waals surface area contributed by atoms with Crippen molar-refractivity contribution in [2.75, 3.05) is 5.75 Å². The summed E-state index contributed by atoms with van der Waals surface area (Å²) in [4.78, 5) is 16.7. The molecule has 1 amide bonds. The number of benzene rings is 2. The summed E-state index contributed by atoms with van der Waals surface area (Å²) in [6, 6.07) is 19.7. The van der Waals surface area contributed by atoms with Crippen LogP contribution in [0.4, 0.5) is 0 Å². The molecule has 4 rings (SSSR count). The van der Waals surface area contributed by atoms with Gasteiger partial charge in [0, 0.05) is 5.56 Å². The second-order valence-corrected chi connectivity index (χ2v) is 6.47. The molecule has 1 N–H and O–H groups in total. The number of guanidine groups is 1. The van der Waals surface area contributed by atoms with Crippen LogP contribution in [-0.2, 0) is 4.79 Å². The van der Waals surface area contributed by atoms with Gasteiger partial charge in [-0.05, 0) is 5.56 Å². The Bertz CT molecular complexity index is 793. The van der Waals surface area contributed by atoms with Crippen molar-refractivity contribution in [3.05, 3.63) is 71.8 Å². The van der Waals surface area contributed by atoms with Crippen molar-refractivity contribution >= 4 is 23.6 Å². The van der Waals surface area contributed by atoms with Crippen LogP contribution >= 0.6 is 11.8 Å². The zero-order valence-corrected chi connectivity index (χ0v) is 13.6. The van der Waals surface area contributed by atoms with Crippen molar-refractivity contribution in [1.29, 1.82) is 0 Å². The number of thioether (sulfide) groups is 1. The smallest absolute Gasteiger partial charge is 0.259 e. The molecule has 0 aliphatic carbocycles. The Balaban J connectivity index is 1.52. The SMILES string of the molecule is O=C1CSC(c2ccccc2)N1NC1=NC(c2ccccc2)N=N1. The molecule has 0 spiro atoms. The van der Waals surface area contributed by atoms with Gasteiger partial charge in [0.15, 0.2) is 6.17 Å². The van der Waals surface area contributed by atoms with Crippen LogP contribution < -0.4 is 5.43 Å². The minimum Gasteiger partial charge on any atom is -0.272 e. The molecular formula is C17H15N5OS. The number of hydrogen-bond acceptors (Lipinski definition) is 6. The molecule has 120 valence electrons. The van der Waals surface area contributed by atoms with Crippen LogP contribution in [0.5, 0.6) is 0 Å². The minimum absolute atomic E-state index is 0.00918. The number of rotatable bonds is 3. The minimum atomic E-state index is -0.353. The summed E-state index contributed by atoms with van der Waals surface area (Å²) in [6.07, 6.45) is -0.353. The molecule has 2 heterocycles. The quantitative estimate of drug-likeness (QED) is 0.934. The van der Waals surface area contributed by atoms with Gasteiger partial charge in [0.1, 0.15) is 5.37 Å². The molecule has 2 aliphatic heterocycles. The van der Waals surface area contributed by atoms with Crippen LogP contribution in [0.25, 0.3) is 0 Å². The highest BCUT2D eigenvalue weighted by atomic mass is 32.2. The fourth-order valence-corrected chi connectivity index (χ4v) is 3.72. The monoisotopic (exact) mass is 337 g/mol. The lowest BCUT2D eigenvalue weighted by Crippen LogP contribution is -2.43. The maximum absolute atomic E-state index is 12.2. The van der Waals surface area contributed by atoms with E-state index in [0.29, 0.717) is 11.7 Å². The van der Waals surface area contributed by atoms with E-state index < -0.39 is 0 Å². The summed E-state index contributed by atoms with van der Waals surface area (Å²) in [6.45, 7) is 0. The molecule has 0 saturated carbocycles. The van der Waals surface area contributed by atoms with Gasteiger partial charge in [-0.2, -0.15) is 5.11 Å². The van der Waals surface area contributed by atoms with Gasteiger partial charge in [-0.15, -0.1) is 16.9 Å². The van der Waals surface area contributed by atoms with Crippen LogP contribution in [0.2, 0.25) is 0 Å². The first-order chi connectivity index (χ1) is 11.8. The Kier molecular flexibility index (Phi) is 4.00. The standard InChI is InChI=1S/C17H15N5OS/c23-14-11-24-16(13-9-5-2-6-10-13)22(14)21-17-18-15(19-20-17)12-7-3-1-4-8-12/h1-10,15-16H,11H2,(H,18,21). The molecule has 1 fully saturated rings. The van der Waals surface area contributed by atoms with Crippen LogP contribution in [0.15, 0.2) is 75.9 Å². The number of hydrogen-bond donors (Lipinski definition) is 1. The molecule has 0 radical (unpaired) electrons. The number of azo groups is 1. The normalized spacial score (nSPS) is 22.8. The average molecular weight is 337 g/mol. The molecule has 2 aromatic rings. The predicted octanol–water partition coefficient (Wildman–Crippen LogP) is 3.29. The maximum atomic E-state index is 12.2. The Hall–Kier alpha value is -2.67. The molecule has 0 bridgehead atoms. The molecule has 6 nitrogen and oxygen atoms in total. The summed E-state index contributed by atoms with van der Waals surface area (Å²) >= 11 is 1.58. The van der Waals surface area contributed by atoms with Crippen molar-refractivity contribution in [3.63, 3.8) is 0 Å². The van der Waals surface area contributed by atoms with E-state index in [1.54, 1.807) is 16.8 Å². The van der Waals surface area contributed by atoms with Crippen LogP contribution in [0, 0.1) is 0 Å². The Morgan fingerprint density at radius 2 is 1.67 bits per heavy atom. The lowest BCUT2D eigenvalue weighted by atomic mass is 10.2. The summed E-state index contributed by atoms with van der Waals surface area (Å²) in [5, 5.41) is 9.74. The topological polar surface area (TPSA) is 69.4 Å². The summed E-state index contributed by atoms with van der Waals surface area (Å²) < 4.78 is 0. The Morgan fingerprint density at radius 3 is 2.38 bits per heavy atom. The van der Waals surface area contributed by atoms with Crippen molar-refractivity contribution in [3.8, 4) is 0 Å². The fourth-order valence-electron chi connectivity index (χ4n) is 2.61. The number of carbonyl (C=O) groups excluding carboxylic acids is 1. The second kappa shape index (κ2) is 6.45. The first kappa shape index (κ1) is 14.9. The lowest BCUT2D eigenvalue weighted by Gasteiger charge is -2.24. The van der Waals surface area contributed by atoms with E-state index in [-0.39, 0.29) is 17.4 Å². The van der Waals surface area contributed by atoms with Gasteiger partial charge in [-0.3, -0.25) is 10.2 Å². The van der Waals surface area contributed by atoms with Crippen LogP contribution in [-0.4, -0.2) is 22.6 Å². The number of nitrogens with one attached hydrogen (secondary N) is 1. The van der Waals surface area contributed by atoms with E-state index in [2.05, 4.69) is 20.6 Å². The van der Waals surface area contributed by atoms with E-state index in [4.69, 9.17) is 0 Å². The van der Waals surface area contributed by atoms with Gasteiger partial charge in [-0.25, -0.2) is 10.0 Å². The lowest BCUT2D eigenvalue weighted by molar-refractivity contribution is -0.129. The largest absolute Gasteiger partial charge is 0.272 e. The predicted molar refractivity (Wildman–Crippen MR) is 93.1 cm³/mol. The number of nitrogens with zero attached hydrogens (tertiary/aromatic N) is 4. The third-order valence-corrected chi connectivity index (χ3v) is 4.99. The van der Waals surface area contributed by atoms with E-state index in [1.807, 2.05) is 60.7 Å². The molecule has 1 saturated heterocycles. The average Bonchev–Trinajstić information content (AvgIpc) is 3.25. The molecule has 7 heteroatoms. The second-order valence-electron chi connectivity index (χ2n) is 5.40. The molecule has 2 atom stereocenters. The molecule has 2 aromatic carbocycles. The van der Waals surface area contributed by atoms with Crippen molar-refractivity contribution < 1.29 is 4.79 Å². The molecule has 2 aliphatic rings. The third-order valence-electron chi connectivity index (χ3n) is 3.78. The van der Waals surface area contributed by atoms with Gasteiger partial charge in [0.25, 0.3) is 11.9 Å². The summed E-state index contributed by atoms with van der Waals surface area (Å²) in [5.74, 6) is 0.801. The Morgan fingerprint density at radius 1 is 1.00 bits per heavy atom. The van der Waals surface area contributed by atoms with E-state index in [0.717, 1.165) is 11.1 Å². The zero-order chi connectivity index (χ0) is 16.4. The number of hydrazine groups is 1. The van der Waals surface area contributed by atoms with Gasteiger partial charge in [-0.1, -0.05) is 60.7 Å². The Labute approximate surface area is 143 Å². The molecule has 2 unspecified atom stereocenters. The van der Waals surface area contributed by atoms with Crippen LogP contribution in [0.1, 0.15) is 22.7 Å². The highest BCUT2D eigenvalue weighted by molar-refractivity contribution is 8.00. The highest BCUT2D eigenvalue weighted by Crippen LogP contribution is 2.37. The molecular weight excluding hydrogens is 322 g/mol.